The van der Waals surface area contributed by atoms with Crippen LogP contribution >= 0.6 is 24.2 Å². The smallest absolute Gasteiger partial charge is 0.319 e. The van der Waals surface area contributed by atoms with Crippen molar-refractivity contribution >= 4 is 36.1 Å². The average Bonchev–Trinajstić information content (AvgIpc) is 2.47. The second-order valence-electron chi connectivity index (χ2n) is 4.59. The van der Waals surface area contributed by atoms with E-state index in [-0.39, 0.29) is 17.2 Å². The van der Waals surface area contributed by atoms with Crippen molar-refractivity contribution in [1.82, 2.24) is 5.32 Å². The van der Waals surface area contributed by atoms with Gasteiger partial charge in [-0.1, -0.05) is 29.8 Å². The van der Waals surface area contributed by atoms with Crippen molar-refractivity contribution in [3.8, 4) is 6.07 Å². The van der Waals surface area contributed by atoms with Crippen LogP contribution in [-0.4, -0.2) is 18.5 Å². The predicted molar refractivity (Wildman–Crippen MR) is 84.1 cm³/mol. The fourth-order valence-electron chi connectivity index (χ4n) is 2.39. The minimum Gasteiger partial charge on any atom is -0.465 e. The molecule has 114 valence electrons. The molecule has 1 aliphatic rings. The Morgan fingerprint density at radius 3 is 2.77 bits per heavy atom. The molecule has 1 heterocycles. The number of ether oxygens (including phenoxy) is 1. The fourth-order valence-corrected chi connectivity index (χ4v) is 2.94. The van der Waals surface area contributed by atoms with Crippen molar-refractivity contribution in [2.45, 2.75) is 12.8 Å². The van der Waals surface area contributed by atoms with Crippen LogP contribution in [0.5, 0.6) is 0 Å². The first-order valence-electron chi connectivity index (χ1n) is 6.56. The molecule has 0 spiro atoms. The molecular formula is C15H13ClN2O3S. The molecule has 0 saturated heterocycles. The Balaban J connectivity index is 2.61. The molecule has 0 saturated carbocycles. The van der Waals surface area contributed by atoms with E-state index < -0.39 is 23.7 Å². The molecule has 22 heavy (non-hydrogen) atoms. The van der Waals surface area contributed by atoms with Crippen LogP contribution in [0.25, 0.3) is 0 Å². The quantitative estimate of drug-likeness (QED) is 0.504. The molecule has 1 N–H and O–H groups in total. The number of halogens is 1. The number of allylic oxidation sites excluding steroid dienone is 1. The Morgan fingerprint density at radius 1 is 1.50 bits per heavy atom. The van der Waals surface area contributed by atoms with Crippen molar-refractivity contribution in [3.05, 3.63) is 45.5 Å². The van der Waals surface area contributed by atoms with E-state index in [0.717, 1.165) is 0 Å². The number of carbonyl (C=O) groups excluding carboxylic acids is 2. The molecular weight excluding hydrogens is 324 g/mol. The van der Waals surface area contributed by atoms with Gasteiger partial charge in [0.2, 0.25) is 5.91 Å². The molecule has 5 nitrogen and oxygen atoms in total. The van der Waals surface area contributed by atoms with E-state index in [9.17, 15) is 14.9 Å². The monoisotopic (exact) mass is 336 g/mol. The number of nitrogens with zero attached hydrogens (tertiary/aromatic N) is 1. The largest absolute Gasteiger partial charge is 0.465 e. The zero-order chi connectivity index (χ0) is 16.3. The number of nitriles is 1. The standard InChI is InChI=1S/C15H13ClN2O3S/c1-2-21-15(20)12-11(8-5-3-4-6-10(8)16)9(7-17)14(22)18-13(12)19/h3-6,11-12,22H,2H2,1H3,(H,18,19)/t11-,12-/m1/s1. The summed E-state index contributed by atoms with van der Waals surface area (Å²) in [5, 5.41) is 12.3. The molecule has 1 aromatic rings. The first kappa shape index (κ1) is 16.4. The van der Waals surface area contributed by atoms with Gasteiger partial charge < -0.3 is 10.1 Å². The summed E-state index contributed by atoms with van der Waals surface area (Å²) in [6, 6.07) is 8.77. The van der Waals surface area contributed by atoms with Crippen LogP contribution in [0.4, 0.5) is 0 Å². The van der Waals surface area contributed by atoms with E-state index in [2.05, 4.69) is 17.9 Å². The Labute approximate surface area is 138 Å². The van der Waals surface area contributed by atoms with Gasteiger partial charge in [0.05, 0.1) is 23.3 Å². The van der Waals surface area contributed by atoms with Gasteiger partial charge in [-0.25, -0.2) is 0 Å². The minimum absolute atomic E-state index is 0.123. The highest BCUT2D eigenvalue weighted by Crippen LogP contribution is 2.40. The first-order valence-corrected chi connectivity index (χ1v) is 7.38. The van der Waals surface area contributed by atoms with Crippen LogP contribution in [0, 0.1) is 17.2 Å². The SMILES string of the molecule is CCOC(=O)[C@H]1C(=O)NC(S)=C(C#N)[C@H]1c1ccccc1Cl. The highest BCUT2D eigenvalue weighted by molar-refractivity contribution is 7.84. The van der Waals surface area contributed by atoms with E-state index in [4.69, 9.17) is 16.3 Å². The summed E-state index contributed by atoms with van der Waals surface area (Å²) >= 11 is 10.3. The summed E-state index contributed by atoms with van der Waals surface area (Å²) in [5.41, 5.74) is 0.689. The molecule has 0 fully saturated rings. The van der Waals surface area contributed by atoms with E-state index in [0.29, 0.717) is 10.6 Å². The van der Waals surface area contributed by atoms with Gasteiger partial charge >= 0.3 is 5.97 Å². The predicted octanol–water partition coefficient (Wildman–Crippen LogP) is 2.40. The Kier molecular flexibility index (Phi) is 5.11. The zero-order valence-electron chi connectivity index (χ0n) is 11.7. The van der Waals surface area contributed by atoms with Gasteiger partial charge in [0, 0.05) is 10.9 Å². The van der Waals surface area contributed by atoms with Crippen molar-refractivity contribution in [2.24, 2.45) is 5.92 Å². The number of thiol groups is 1. The van der Waals surface area contributed by atoms with Gasteiger partial charge in [0.1, 0.15) is 5.92 Å². The third-order valence-electron chi connectivity index (χ3n) is 3.32. The molecule has 1 amide bonds. The molecule has 0 bridgehead atoms. The minimum atomic E-state index is -1.18. The number of esters is 1. The second kappa shape index (κ2) is 6.86. The third-order valence-corrected chi connectivity index (χ3v) is 4.02. The summed E-state index contributed by atoms with van der Waals surface area (Å²) in [4.78, 5) is 24.4. The van der Waals surface area contributed by atoms with Gasteiger partial charge in [0.25, 0.3) is 0 Å². The Bertz CT molecular complexity index is 696. The highest BCUT2D eigenvalue weighted by Gasteiger charge is 2.44. The van der Waals surface area contributed by atoms with E-state index in [1.807, 2.05) is 6.07 Å². The topological polar surface area (TPSA) is 79.2 Å². The lowest BCUT2D eigenvalue weighted by molar-refractivity contribution is -0.152. The number of hydrogen-bond acceptors (Lipinski definition) is 5. The van der Waals surface area contributed by atoms with E-state index in [1.165, 1.54) is 0 Å². The van der Waals surface area contributed by atoms with Crippen molar-refractivity contribution in [1.29, 1.82) is 5.26 Å². The van der Waals surface area contributed by atoms with Crippen LogP contribution in [0.1, 0.15) is 18.4 Å². The third kappa shape index (κ3) is 2.96. The summed E-state index contributed by atoms with van der Waals surface area (Å²) in [6.45, 7) is 1.78. The van der Waals surface area contributed by atoms with Gasteiger partial charge in [0.15, 0.2) is 0 Å². The van der Waals surface area contributed by atoms with Gasteiger partial charge in [-0.15, -0.1) is 12.6 Å². The van der Waals surface area contributed by atoms with Crippen LogP contribution in [0.3, 0.4) is 0 Å². The number of amides is 1. The summed E-state index contributed by atoms with van der Waals surface area (Å²) in [5.74, 6) is -3.25. The van der Waals surface area contributed by atoms with Crippen molar-refractivity contribution < 1.29 is 14.3 Å². The fraction of sp³-hybridized carbons (Fsp3) is 0.267. The van der Waals surface area contributed by atoms with Crippen LogP contribution in [0.15, 0.2) is 34.9 Å². The first-order chi connectivity index (χ1) is 10.5. The lowest BCUT2D eigenvalue weighted by Gasteiger charge is -2.30. The molecule has 0 radical (unpaired) electrons. The highest BCUT2D eigenvalue weighted by atomic mass is 35.5. The maximum absolute atomic E-state index is 12.2. The summed E-state index contributed by atoms with van der Waals surface area (Å²) < 4.78 is 4.97. The lowest BCUT2D eigenvalue weighted by Crippen LogP contribution is -2.44. The molecule has 2 atom stereocenters. The zero-order valence-corrected chi connectivity index (χ0v) is 13.3. The summed E-state index contributed by atoms with van der Waals surface area (Å²) in [6.07, 6.45) is 0. The molecule has 1 aromatic carbocycles. The van der Waals surface area contributed by atoms with Crippen molar-refractivity contribution in [3.63, 3.8) is 0 Å². The van der Waals surface area contributed by atoms with Gasteiger partial charge in [-0.2, -0.15) is 5.26 Å². The number of hydrogen-bond donors (Lipinski definition) is 2. The lowest BCUT2D eigenvalue weighted by atomic mass is 9.78. The van der Waals surface area contributed by atoms with Crippen LogP contribution in [-0.2, 0) is 14.3 Å². The maximum Gasteiger partial charge on any atom is 0.319 e. The number of benzene rings is 1. The van der Waals surface area contributed by atoms with Gasteiger partial charge in [-0.05, 0) is 18.6 Å². The molecule has 0 unspecified atom stereocenters. The molecule has 1 aliphatic heterocycles. The number of rotatable bonds is 3. The van der Waals surface area contributed by atoms with Crippen LogP contribution in [0.2, 0.25) is 5.02 Å². The van der Waals surface area contributed by atoms with Crippen molar-refractivity contribution in [2.75, 3.05) is 6.61 Å². The Hall–Kier alpha value is -1.97. The molecule has 7 heteroatoms. The number of carbonyl (C=O) groups is 2. The Morgan fingerprint density at radius 2 is 2.18 bits per heavy atom. The number of nitrogens with one attached hydrogen (secondary N) is 1. The normalized spacial score (nSPS) is 21.1. The molecule has 0 aliphatic carbocycles. The second-order valence-corrected chi connectivity index (χ2v) is 5.45. The van der Waals surface area contributed by atoms with Gasteiger partial charge in [-0.3, -0.25) is 9.59 Å². The molecule has 2 rings (SSSR count). The molecule has 0 aromatic heterocycles. The summed E-state index contributed by atoms with van der Waals surface area (Å²) in [7, 11) is 0. The van der Waals surface area contributed by atoms with E-state index >= 15 is 0 Å². The van der Waals surface area contributed by atoms with E-state index in [1.54, 1.807) is 31.2 Å². The average molecular weight is 337 g/mol. The van der Waals surface area contributed by atoms with Crippen LogP contribution < -0.4 is 5.32 Å². The maximum atomic E-state index is 12.2.